The van der Waals surface area contributed by atoms with Gasteiger partial charge in [0.25, 0.3) is 8.53 Å². The first-order chi connectivity index (χ1) is 34.9. The number of anilines is 1. The molecular weight excluding hydrogens is 940 g/mol. The molecule has 0 bridgehead atoms. The summed E-state index contributed by atoms with van der Waals surface area (Å²) in [4.78, 5) is 33.6. The summed E-state index contributed by atoms with van der Waals surface area (Å²) in [6, 6.07) is 57.9. The SMILES string of the molecule is COc1ccc(C(OC(C(=O)c2ccccc2)[C@H]2O[C@@H](n3ccc(N)nc3=O)C[C@@H]2OP(OCC[Si](C)(c2ccccc2)c2ccccc2)N(C(C)C)C(C)C)(c2ccccc2)c2ccc(OC)cc2)cc1. The lowest BCUT2D eigenvalue weighted by molar-refractivity contribution is -0.125. The van der Waals surface area contributed by atoms with Crippen molar-refractivity contribution in [2.45, 2.75) is 88.9 Å². The summed E-state index contributed by atoms with van der Waals surface area (Å²) in [5.41, 5.74) is 6.56. The van der Waals surface area contributed by atoms with Crippen LogP contribution in [-0.2, 0) is 24.1 Å². The minimum Gasteiger partial charge on any atom is -0.497 e. The number of carbonyl (C=O) groups is 1. The smallest absolute Gasteiger partial charge is 0.351 e. The normalized spacial score (nSPS) is 17.0. The van der Waals surface area contributed by atoms with E-state index in [1.54, 1.807) is 38.6 Å². The van der Waals surface area contributed by atoms with Crippen molar-refractivity contribution in [3.63, 3.8) is 0 Å². The van der Waals surface area contributed by atoms with E-state index in [4.69, 9.17) is 33.7 Å². The molecule has 1 saturated heterocycles. The number of nitrogens with two attached hydrogens (primary N) is 1. The fourth-order valence-corrected chi connectivity index (χ4v) is 14.9. The number of hydrogen-bond acceptors (Lipinski definition) is 11. The molecule has 8 rings (SSSR count). The van der Waals surface area contributed by atoms with Crippen molar-refractivity contribution in [3.05, 3.63) is 215 Å². The number of hydrogen-bond donors (Lipinski definition) is 1. The van der Waals surface area contributed by atoms with E-state index >= 15 is 4.79 Å². The summed E-state index contributed by atoms with van der Waals surface area (Å²) in [5.74, 6) is 1.03. The van der Waals surface area contributed by atoms with Gasteiger partial charge in [0.2, 0.25) is 0 Å². The topological polar surface area (TPSA) is 137 Å². The highest BCUT2D eigenvalue weighted by Gasteiger charge is 2.52. The van der Waals surface area contributed by atoms with Gasteiger partial charge in [-0.15, -0.1) is 0 Å². The zero-order valence-corrected chi connectivity index (χ0v) is 43.9. The predicted octanol–water partition coefficient (Wildman–Crippen LogP) is 10.0. The molecule has 5 atom stereocenters. The Hall–Kier alpha value is -6.28. The van der Waals surface area contributed by atoms with Gasteiger partial charge in [0, 0.05) is 30.3 Å². The highest BCUT2D eigenvalue weighted by molar-refractivity contribution is 7.44. The minimum atomic E-state index is -2.34. The Morgan fingerprint density at radius 1 is 0.736 bits per heavy atom. The van der Waals surface area contributed by atoms with Crippen molar-refractivity contribution in [2.24, 2.45) is 0 Å². The van der Waals surface area contributed by atoms with Crippen LogP contribution >= 0.6 is 8.53 Å². The fraction of sp³-hybridized carbons (Fsp3) is 0.293. The van der Waals surface area contributed by atoms with Crippen LogP contribution in [0.2, 0.25) is 12.6 Å². The molecule has 0 saturated carbocycles. The Morgan fingerprint density at radius 3 is 1.71 bits per heavy atom. The van der Waals surface area contributed by atoms with Gasteiger partial charge in [-0.05, 0) is 80.8 Å². The number of Topliss-reactive ketones (excluding diaryl/α,β-unsaturated/α-hetero) is 1. The van der Waals surface area contributed by atoms with Gasteiger partial charge in [0.15, 0.2) is 11.9 Å². The van der Waals surface area contributed by atoms with Gasteiger partial charge in [-0.3, -0.25) is 9.36 Å². The molecule has 2 heterocycles. The van der Waals surface area contributed by atoms with Crippen molar-refractivity contribution < 1.29 is 32.8 Å². The molecule has 7 aromatic rings. The lowest BCUT2D eigenvalue weighted by atomic mass is 9.79. The van der Waals surface area contributed by atoms with Crippen molar-refractivity contribution in [1.29, 1.82) is 0 Å². The maximum atomic E-state index is 15.8. The fourth-order valence-electron chi connectivity index (χ4n) is 9.74. The number of benzene rings is 6. The largest absolute Gasteiger partial charge is 0.497 e. The zero-order chi connectivity index (χ0) is 50.8. The van der Waals surface area contributed by atoms with E-state index in [0.717, 1.165) is 22.7 Å². The standard InChI is InChI=1S/C58H65N4O8PSi/c1-41(2)62(42(3)4)71(67-38-39-72(7,49-24-16-10-17-25-49)50-26-18-11-19-27-50)70-51-40-53(61-37-36-52(59)60-57(61)64)68-55(51)56(54(63)43-20-12-8-13-21-43)69-58(44-22-14-9-15-23-44,45-28-32-47(65-5)33-29-45)46-30-34-48(66-6)35-31-46/h8-37,41-42,51,53,55-56H,38-40H2,1-7H3,(H2,59,60,64)/t51-,53+,55-,56?,71?/m0/s1. The van der Waals surface area contributed by atoms with Crippen LogP contribution in [0.15, 0.2) is 187 Å². The van der Waals surface area contributed by atoms with Crippen LogP contribution in [0.1, 0.15) is 67.4 Å². The quantitative estimate of drug-likeness (QED) is 0.0301. The van der Waals surface area contributed by atoms with Crippen LogP contribution in [-0.4, -0.2) is 79.3 Å². The van der Waals surface area contributed by atoms with Crippen LogP contribution < -0.4 is 31.3 Å². The average Bonchev–Trinajstić information content (AvgIpc) is 3.82. The third-order valence-corrected chi connectivity index (χ3v) is 20.0. The number of rotatable bonds is 22. The molecule has 1 aliphatic heterocycles. The Morgan fingerprint density at radius 2 is 1.22 bits per heavy atom. The monoisotopic (exact) mass is 1000 g/mol. The summed E-state index contributed by atoms with van der Waals surface area (Å²) in [7, 11) is -0.945. The molecule has 1 aromatic heterocycles. The maximum absolute atomic E-state index is 15.8. The first kappa shape index (κ1) is 52.1. The third-order valence-electron chi connectivity index (χ3n) is 13.5. The van der Waals surface area contributed by atoms with Crippen LogP contribution in [0.3, 0.4) is 0 Å². The molecule has 14 heteroatoms. The van der Waals surface area contributed by atoms with E-state index in [1.807, 2.05) is 97.1 Å². The third kappa shape index (κ3) is 11.3. The molecular formula is C58H65N4O8PSi. The number of aromatic nitrogens is 2. The summed E-state index contributed by atoms with van der Waals surface area (Å²) in [6.07, 6.45) is -2.56. The minimum absolute atomic E-state index is 0.00246. The first-order valence-corrected chi connectivity index (χ1v) is 28.3. The Balaban J connectivity index is 1.28. The Labute approximate surface area is 425 Å². The highest BCUT2D eigenvalue weighted by atomic mass is 31.2. The zero-order valence-electron chi connectivity index (χ0n) is 42.0. The number of nitrogens with zero attached hydrogens (tertiary/aromatic N) is 3. The molecule has 1 fully saturated rings. The molecule has 1 aliphatic rings. The van der Waals surface area contributed by atoms with E-state index in [9.17, 15) is 4.79 Å². The summed E-state index contributed by atoms with van der Waals surface area (Å²) in [5, 5.41) is 2.61. The van der Waals surface area contributed by atoms with Gasteiger partial charge in [0.1, 0.15) is 43.3 Å². The summed E-state index contributed by atoms with van der Waals surface area (Å²) in [6.45, 7) is 11.3. The van der Waals surface area contributed by atoms with E-state index in [2.05, 4.69) is 105 Å². The van der Waals surface area contributed by atoms with Gasteiger partial charge < -0.3 is 33.7 Å². The lowest BCUT2D eigenvalue weighted by Crippen LogP contribution is -2.56. The van der Waals surface area contributed by atoms with E-state index in [0.29, 0.717) is 23.7 Å². The molecule has 6 aromatic carbocycles. The van der Waals surface area contributed by atoms with Crippen LogP contribution in [0.25, 0.3) is 0 Å². The second-order valence-corrected chi connectivity index (χ2v) is 24.4. The van der Waals surface area contributed by atoms with Gasteiger partial charge in [0.05, 0.1) is 26.9 Å². The molecule has 12 nitrogen and oxygen atoms in total. The predicted molar refractivity (Wildman–Crippen MR) is 288 cm³/mol. The van der Waals surface area contributed by atoms with Crippen molar-refractivity contribution in [1.82, 2.24) is 14.2 Å². The van der Waals surface area contributed by atoms with Gasteiger partial charge in [-0.1, -0.05) is 163 Å². The first-order valence-electron chi connectivity index (χ1n) is 24.5. The number of carbonyl (C=O) groups excluding carboxylic acids is 1. The number of ether oxygens (including phenoxy) is 4. The highest BCUT2D eigenvalue weighted by Crippen LogP contribution is 2.52. The number of ketones is 1. The second kappa shape index (κ2) is 23.5. The van der Waals surface area contributed by atoms with Crippen LogP contribution in [0.4, 0.5) is 5.82 Å². The van der Waals surface area contributed by atoms with Crippen LogP contribution in [0, 0.1) is 0 Å². The van der Waals surface area contributed by atoms with Crippen molar-refractivity contribution in [2.75, 3.05) is 26.6 Å². The maximum Gasteiger partial charge on any atom is 0.351 e. The molecule has 0 radical (unpaired) electrons. The average molecular weight is 1010 g/mol. The van der Waals surface area contributed by atoms with Crippen LogP contribution in [0.5, 0.6) is 11.5 Å². The summed E-state index contributed by atoms with van der Waals surface area (Å²) >= 11 is 0. The van der Waals surface area contributed by atoms with Gasteiger partial charge >= 0.3 is 5.69 Å². The van der Waals surface area contributed by atoms with Gasteiger partial charge in [-0.2, -0.15) is 4.98 Å². The summed E-state index contributed by atoms with van der Waals surface area (Å²) < 4.78 is 44.4. The number of nitrogen functional groups attached to an aromatic ring is 1. The Bertz CT molecular complexity index is 2780. The molecule has 2 unspecified atom stereocenters. The lowest BCUT2D eigenvalue weighted by Gasteiger charge is -2.42. The molecule has 0 spiro atoms. The van der Waals surface area contributed by atoms with Crippen molar-refractivity contribution >= 4 is 38.6 Å². The van der Waals surface area contributed by atoms with E-state index in [-0.39, 0.29) is 30.1 Å². The van der Waals surface area contributed by atoms with Crippen molar-refractivity contribution in [3.8, 4) is 11.5 Å². The van der Waals surface area contributed by atoms with Gasteiger partial charge in [-0.25, -0.2) is 9.46 Å². The van der Waals surface area contributed by atoms with E-state index in [1.165, 1.54) is 14.9 Å². The molecule has 72 heavy (non-hydrogen) atoms. The number of methoxy groups -OCH3 is 2. The molecule has 0 amide bonds. The molecule has 0 aliphatic carbocycles. The van der Waals surface area contributed by atoms with E-state index < -0.39 is 52.4 Å². The molecule has 2 N–H and O–H groups in total. The molecule has 374 valence electrons. The second-order valence-electron chi connectivity index (χ2n) is 18.7. The Kier molecular flexibility index (Phi) is 17.0.